The van der Waals surface area contributed by atoms with Crippen LogP contribution in [0.4, 0.5) is 0 Å². The van der Waals surface area contributed by atoms with Gasteiger partial charge < -0.3 is 5.11 Å². The van der Waals surface area contributed by atoms with Crippen LogP contribution in [0.1, 0.15) is 24.1 Å². The van der Waals surface area contributed by atoms with Crippen LogP contribution in [-0.4, -0.2) is 31.4 Å². The third kappa shape index (κ3) is 2.54. The van der Waals surface area contributed by atoms with Crippen molar-refractivity contribution in [3.63, 3.8) is 0 Å². The number of aliphatic hydroxyl groups excluding tert-OH is 1. The highest BCUT2D eigenvalue weighted by molar-refractivity contribution is 7.89. The fourth-order valence-electron chi connectivity index (χ4n) is 1.98. The molecule has 4 nitrogen and oxygen atoms in total. The second kappa shape index (κ2) is 5.06. The van der Waals surface area contributed by atoms with Crippen molar-refractivity contribution in [2.24, 2.45) is 5.92 Å². The van der Waals surface area contributed by atoms with Crippen LogP contribution in [0.2, 0.25) is 0 Å². The minimum atomic E-state index is -3.43. The lowest BCUT2D eigenvalue weighted by molar-refractivity contribution is 0.262. The standard InChI is InChI=1S/C11H17NO3S2/c1-12(7-9-3-2-4-9)17(14,15)11-5-6-16-10(11)8-13/h5-6,9,13H,2-4,7-8H2,1H3. The smallest absolute Gasteiger partial charge is 0.244 e. The molecule has 0 radical (unpaired) electrons. The molecule has 96 valence electrons. The SMILES string of the molecule is CN(CC1CCC1)S(=O)(=O)c1ccsc1CO. The van der Waals surface area contributed by atoms with Crippen molar-refractivity contribution in [1.82, 2.24) is 4.31 Å². The average Bonchev–Trinajstić information content (AvgIpc) is 2.71. The highest BCUT2D eigenvalue weighted by atomic mass is 32.2. The summed E-state index contributed by atoms with van der Waals surface area (Å²) in [4.78, 5) is 0.775. The Labute approximate surface area is 106 Å². The van der Waals surface area contributed by atoms with E-state index in [0.717, 1.165) is 12.8 Å². The van der Waals surface area contributed by atoms with Gasteiger partial charge in [-0.3, -0.25) is 0 Å². The van der Waals surface area contributed by atoms with Crippen LogP contribution < -0.4 is 0 Å². The van der Waals surface area contributed by atoms with Gasteiger partial charge in [-0.15, -0.1) is 11.3 Å². The summed E-state index contributed by atoms with van der Waals surface area (Å²) in [6.45, 7) is 0.368. The zero-order valence-corrected chi connectivity index (χ0v) is 11.4. The summed E-state index contributed by atoms with van der Waals surface area (Å²) in [5.74, 6) is 0.506. The molecule has 0 bridgehead atoms. The monoisotopic (exact) mass is 275 g/mol. The summed E-state index contributed by atoms with van der Waals surface area (Å²) >= 11 is 1.28. The first-order chi connectivity index (χ1) is 8.05. The van der Waals surface area contributed by atoms with Crippen molar-refractivity contribution in [1.29, 1.82) is 0 Å². The molecular weight excluding hydrogens is 258 g/mol. The predicted octanol–water partition coefficient (Wildman–Crippen LogP) is 1.66. The number of hydrogen-bond donors (Lipinski definition) is 1. The van der Waals surface area contributed by atoms with Crippen molar-refractivity contribution in [2.75, 3.05) is 13.6 Å². The maximum absolute atomic E-state index is 12.3. The van der Waals surface area contributed by atoms with Gasteiger partial charge in [-0.05, 0) is 30.2 Å². The normalized spacial score (nSPS) is 17.4. The molecule has 1 N–H and O–H groups in total. The van der Waals surface area contributed by atoms with Gasteiger partial charge in [-0.2, -0.15) is 0 Å². The summed E-state index contributed by atoms with van der Waals surface area (Å²) in [5, 5.41) is 10.8. The molecule has 0 atom stereocenters. The van der Waals surface area contributed by atoms with E-state index in [9.17, 15) is 8.42 Å². The van der Waals surface area contributed by atoms with Crippen LogP contribution >= 0.6 is 11.3 Å². The van der Waals surface area contributed by atoms with Gasteiger partial charge in [0.15, 0.2) is 0 Å². The molecule has 1 heterocycles. The predicted molar refractivity (Wildman–Crippen MR) is 67.4 cm³/mol. The van der Waals surface area contributed by atoms with Gasteiger partial charge in [-0.1, -0.05) is 6.42 Å². The number of sulfonamides is 1. The van der Waals surface area contributed by atoms with Crippen molar-refractivity contribution >= 4 is 21.4 Å². The summed E-state index contributed by atoms with van der Waals surface area (Å²) < 4.78 is 26.0. The fraction of sp³-hybridized carbons (Fsp3) is 0.636. The number of hydrogen-bond acceptors (Lipinski definition) is 4. The zero-order chi connectivity index (χ0) is 12.5. The topological polar surface area (TPSA) is 57.6 Å². The first-order valence-electron chi connectivity index (χ1n) is 5.69. The first kappa shape index (κ1) is 13.0. The molecule has 17 heavy (non-hydrogen) atoms. The lowest BCUT2D eigenvalue weighted by Crippen LogP contribution is -2.34. The summed E-state index contributed by atoms with van der Waals surface area (Å²) in [5.41, 5.74) is 0. The van der Waals surface area contributed by atoms with Gasteiger partial charge >= 0.3 is 0 Å². The van der Waals surface area contributed by atoms with Crippen LogP contribution in [0.3, 0.4) is 0 Å². The van der Waals surface area contributed by atoms with Crippen molar-refractivity contribution < 1.29 is 13.5 Å². The molecule has 0 amide bonds. The van der Waals surface area contributed by atoms with Crippen molar-refractivity contribution in [3.8, 4) is 0 Å². The van der Waals surface area contributed by atoms with Crippen molar-refractivity contribution in [2.45, 2.75) is 30.8 Å². The van der Waals surface area contributed by atoms with Crippen molar-refractivity contribution in [3.05, 3.63) is 16.3 Å². The maximum atomic E-state index is 12.3. The van der Waals surface area contributed by atoms with Gasteiger partial charge in [0.2, 0.25) is 10.0 Å². The van der Waals surface area contributed by atoms with Crippen LogP contribution in [0.25, 0.3) is 0 Å². The third-order valence-corrected chi connectivity index (χ3v) is 6.22. The first-order valence-corrected chi connectivity index (χ1v) is 8.01. The second-order valence-corrected chi connectivity index (χ2v) is 7.46. The van der Waals surface area contributed by atoms with Gasteiger partial charge in [0.1, 0.15) is 0 Å². The van der Waals surface area contributed by atoms with Crippen LogP contribution in [-0.2, 0) is 16.6 Å². The van der Waals surface area contributed by atoms with E-state index in [2.05, 4.69) is 0 Å². The Morgan fingerprint density at radius 1 is 1.53 bits per heavy atom. The maximum Gasteiger partial charge on any atom is 0.244 e. The number of nitrogens with zero attached hydrogens (tertiary/aromatic N) is 1. The van der Waals surface area contributed by atoms with E-state index in [1.54, 1.807) is 18.5 Å². The molecule has 0 aliphatic heterocycles. The molecule has 2 rings (SSSR count). The Kier molecular flexibility index (Phi) is 3.87. The van der Waals surface area contributed by atoms with E-state index in [4.69, 9.17) is 5.11 Å². The lowest BCUT2D eigenvalue weighted by Gasteiger charge is -2.29. The van der Waals surface area contributed by atoms with E-state index in [1.165, 1.54) is 22.1 Å². The minimum Gasteiger partial charge on any atom is -0.391 e. The number of thiophene rings is 1. The summed E-state index contributed by atoms with van der Waals surface area (Å²) in [7, 11) is -1.81. The Hall–Kier alpha value is -0.430. The quantitative estimate of drug-likeness (QED) is 0.889. The molecule has 1 saturated carbocycles. The highest BCUT2D eigenvalue weighted by Gasteiger charge is 2.28. The second-order valence-electron chi connectivity index (χ2n) is 4.45. The number of aliphatic hydroxyl groups is 1. The highest BCUT2D eigenvalue weighted by Crippen LogP contribution is 2.30. The van der Waals surface area contributed by atoms with E-state index in [-0.39, 0.29) is 11.5 Å². The number of rotatable bonds is 5. The van der Waals surface area contributed by atoms with E-state index < -0.39 is 10.0 Å². The molecule has 1 aromatic heterocycles. The molecule has 0 unspecified atom stereocenters. The van der Waals surface area contributed by atoms with Crippen LogP contribution in [0, 0.1) is 5.92 Å². The molecular formula is C11H17NO3S2. The van der Waals surface area contributed by atoms with Gasteiger partial charge in [0.05, 0.1) is 11.5 Å². The third-order valence-electron chi connectivity index (χ3n) is 3.28. The largest absolute Gasteiger partial charge is 0.391 e. The molecule has 1 aliphatic carbocycles. The Bertz CT molecular complexity index is 477. The zero-order valence-electron chi connectivity index (χ0n) is 9.80. The Balaban J connectivity index is 2.16. The van der Waals surface area contributed by atoms with Gasteiger partial charge in [0.25, 0.3) is 0 Å². The van der Waals surface area contributed by atoms with Crippen LogP contribution in [0.15, 0.2) is 16.3 Å². The molecule has 1 aromatic rings. The van der Waals surface area contributed by atoms with Gasteiger partial charge in [0, 0.05) is 18.5 Å². The molecule has 0 saturated heterocycles. The fourth-order valence-corrected chi connectivity index (χ4v) is 4.49. The Morgan fingerprint density at radius 3 is 2.76 bits per heavy atom. The lowest BCUT2D eigenvalue weighted by atomic mass is 9.86. The molecule has 6 heteroatoms. The molecule has 1 aliphatic rings. The molecule has 0 aromatic carbocycles. The minimum absolute atomic E-state index is 0.219. The van der Waals surface area contributed by atoms with Crippen LogP contribution in [0.5, 0.6) is 0 Å². The Morgan fingerprint density at radius 2 is 2.24 bits per heavy atom. The summed E-state index contributed by atoms with van der Waals surface area (Å²) in [6.07, 6.45) is 3.45. The van der Waals surface area contributed by atoms with E-state index >= 15 is 0 Å². The summed E-state index contributed by atoms with van der Waals surface area (Å²) in [6, 6.07) is 1.57. The molecule has 1 fully saturated rings. The molecule has 0 spiro atoms. The average molecular weight is 275 g/mol. The van der Waals surface area contributed by atoms with E-state index in [1.807, 2.05) is 0 Å². The van der Waals surface area contributed by atoms with E-state index in [0.29, 0.717) is 17.3 Å². The van der Waals surface area contributed by atoms with Gasteiger partial charge in [-0.25, -0.2) is 12.7 Å².